The van der Waals surface area contributed by atoms with E-state index in [9.17, 15) is 0 Å². The third-order valence-corrected chi connectivity index (χ3v) is 6.45. The molecule has 3 nitrogen and oxygen atoms in total. The third-order valence-electron chi connectivity index (χ3n) is 6.45. The molecular weight excluding hydrogens is 378 g/mol. The average Bonchev–Trinajstić information content (AvgIpc) is 3.28. The molecule has 0 atom stereocenters. The maximum atomic E-state index is 4.97. The lowest BCUT2D eigenvalue weighted by Crippen LogP contribution is -2.00. The van der Waals surface area contributed by atoms with Gasteiger partial charge in [0.15, 0.2) is 0 Å². The summed E-state index contributed by atoms with van der Waals surface area (Å²) in [6.45, 7) is 4.46. The summed E-state index contributed by atoms with van der Waals surface area (Å²) in [7, 11) is 0. The molecule has 0 aliphatic rings. The van der Waals surface area contributed by atoms with Gasteiger partial charge in [0.2, 0.25) is 0 Å². The number of imidazole rings is 1. The smallest absolute Gasteiger partial charge is 0.145 e. The highest BCUT2D eigenvalue weighted by Crippen LogP contribution is 2.37. The van der Waals surface area contributed by atoms with E-state index in [1.165, 1.54) is 27.6 Å². The lowest BCUT2D eigenvalue weighted by Gasteiger charge is -2.16. The van der Waals surface area contributed by atoms with Gasteiger partial charge in [-0.25, -0.2) is 4.98 Å². The number of para-hydroxylation sites is 1. The number of aryl methyl sites for hydroxylation is 2. The van der Waals surface area contributed by atoms with Crippen molar-refractivity contribution in [1.82, 2.24) is 14.4 Å². The fourth-order valence-corrected chi connectivity index (χ4v) is 4.99. The zero-order chi connectivity index (χ0) is 20.9. The summed E-state index contributed by atoms with van der Waals surface area (Å²) in [5.74, 6) is 0. The molecule has 0 unspecified atom stereocenters. The van der Waals surface area contributed by atoms with Crippen LogP contribution in [0.2, 0.25) is 0 Å². The van der Waals surface area contributed by atoms with Gasteiger partial charge in [-0.2, -0.15) is 0 Å². The molecule has 0 radical (unpaired) electrons. The van der Waals surface area contributed by atoms with E-state index in [0.29, 0.717) is 0 Å². The third kappa shape index (κ3) is 2.53. The van der Waals surface area contributed by atoms with Crippen LogP contribution in [-0.4, -0.2) is 14.4 Å². The molecule has 0 aliphatic carbocycles. The van der Waals surface area contributed by atoms with Gasteiger partial charge >= 0.3 is 0 Å². The number of hydrogen-bond acceptors (Lipinski definition) is 2. The lowest BCUT2D eigenvalue weighted by molar-refractivity contribution is 1.08. The van der Waals surface area contributed by atoms with Gasteiger partial charge in [0.25, 0.3) is 0 Å². The molecule has 6 rings (SSSR count). The zero-order valence-corrected chi connectivity index (χ0v) is 17.8. The molecule has 31 heavy (non-hydrogen) atoms. The zero-order valence-electron chi connectivity index (χ0n) is 17.8. The molecule has 3 heteroatoms. The van der Waals surface area contributed by atoms with Crippen molar-refractivity contribution in [3.05, 3.63) is 90.3 Å². The average molecular weight is 402 g/mol. The Hall–Kier alpha value is -3.72. The maximum absolute atomic E-state index is 4.97. The Kier molecular flexibility index (Phi) is 4.03. The summed E-state index contributed by atoms with van der Waals surface area (Å²) in [5, 5.41) is 4.67. The molecule has 3 aromatic heterocycles. The Bertz CT molecular complexity index is 1590. The van der Waals surface area contributed by atoms with Crippen LogP contribution in [0.25, 0.3) is 49.5 Å². The van der Waals surface area contributed by atoms with Gasteiger partial charge in [-0.05, 0) is 35.4 Å². The van der Waals surface area contributed by atoms with Crippen LogP contribution in [0.1, 0.15) is 25.0 Å². The van der Waals surface area contributed by atoms with E-state index in [-0.39, 0.29) is 0 Å². The van der Waals surface area contributed by atoms with E-state index < -0.39 is 0 Å². The van der Waals surface area contributed by atoms with Crippen molar-refractivity contribution >= 4 is 38.2 Å². The van der Waals surface area contributed by atoms with E-state index in [1.54, 1.807) is 0 Å². The lowest BCUT2D eigenvalue weighted by atomic mass is 9.95. The number of rotatable bonds is 3. The first-order chi connectivity index (χ1) is 15.3. The molecule has 0 bridgehead atoms. The van der Waals surface area contributed by atoms with Crippen molar-refractivity contribution in [3.8, 4) is 11.3 Å². The molecule has 150 valence electrons. The number of fused-ring (bicyclic) bond motifs is 8. The minimum absolute atomic E-state index is 0.990. The molecular formula is C28H23N3. The first-order valence-electron chi connectivity index (χ1n) is 11.0. The SMILES string of the molecule is CCc1cccc(CC)c1-c1cnc2c3ccccc3c3cnc4ccccc4c3n12. The molecule has 0 spiro atoms. The molecule has 6 aromatic rings. The van der Waals surface area contributed by atoms with Gasteiger partial charge in [-0.1, -0.05) is 74.5 Å². The molecule has 0 aliphatic heterocycles. The number of aromatic nitrogens is 3. The van der Waals surface area contributed by atoms with Crippen molar-refractivity contribution in [1.29, 1.82) is 0 Å². The summed E-state index contributed by atoms with van der Waals surface area (Å²) in [4.78, 5) is 9.76. The number of nitrogens with zero attached hydrogens (tertiary/aromatic N) is 3. The molecule has 0 amide bonds. The van der Waals surface area contributed by atoms with E-state index in [4.69, 9.17) is 9.97 Å². The highest BCUT2D eigenvalue weighted by molar-refractivity contribution is 6.18. The Labute approximate surface area is 181 Å². The highest BCUT2D eigenvalue weighted by Gasteiger charge is 2.19. The van der Waals surface area contributed by atoms with Gasteiger partial charge < -0.3 is 0 Å². The largest absolute Gasteiger partial charge is 0.291 e. The van der Waals surface area contributed by atoms with Gasteiger partial charge in [-0.3, -0.25) is 9.38 Å². The van der Waals surface area contributed by atoms with E-state index in [1.807, 2.05) is 6.20 Å². The summed E-state index contributed by atoms with van der Waals surface area (Å²) >= 11 is 0. The highest BCUT2D eigenvalue weighted by atomic mass is 15.0. The topological polar surface area (TPSA) is 30.2 Å². The summed E-state index contributed by atoms with van der Waals surface area (Å²) in [6.07, 6.45) is 6.06. The number of benzene rings is 3. The van der Waals surface area contributed by atoms with Crippen molar-refractivity contribution in [2.24, 2.45) is 0 Å². The second kappa shape index (κ2) is 6.92. The van der Waals surface area contributed by atoms with Gasteiger partial charge in [0.05, 0.1) is 22.9 Å². The molecule has 0 N–H and O–H groups in total. The molecule has 0 saturated heterocycles. The summed E-state index contributed by atoms with van der Waals surface area (Å²) in [6, 6.07) is 23.6. The second-order valence-corrected chi connectivity index (χ2v) is 8.04. The van der Waals surface area contributed by atoms with Gasteiger partial charge in [-0.15, -0.1) is 0 Å². The molecule has 3 aromatic carbocycles. The van der Waals surface area contributed by atoms with Crippen LogP contribution in [0.3, 0.4) is 0 Å². The van der Waals surface area contributed by atoms with E-state index in [0.717, 1.165) is 45.9 Å². The number of hydrogen-bond donors (Lipinski definition) is 0. The van der Waals surface area contributed by atoms with Crippen molar-refractivity contribution in [2.45, 2.75) is 26.7 Å². The predicted octanol–water partition coefficient (Wildman–Crippen LogP) is 6.98. The van der Waals surface area contributed by atoms with Crippen molar-refractivity contribution in [2.75, 3.05) is 0 Å². The van der Waals surface area contributed by atoms with Gasteiger partial charge in [0, 0.05) is 27.9 Å². The van der Waals surface area contributed by atoms with Crippen LogP contribution in [0.4, 0.5) is 0 Å². The Morgan fingerprint density at radius 3 is 2.06 bits per heavy atom. The van der Waals surface area contributed by atoms with Crippen LogP contribution in [-0.2, 0) is 12.8 Å². The quantitative estimate of drug-likeness (QED) is 0.299. The Balaban J connectivity index is 1.91. The fraction of sp³-hybridized carbons (Fsp3) is 0.143. The van der Waals surface area contributed by atoms with Crippen LogP contribution in [0, 0.1) is 0 Å². The molecule has 0 saturated carbocycles. The van der Waals surface area contributed by atoms with Crippen molar-refractivity contribution < 1.29 is 0 Å². The van der Waals surface area contributed by atoms with Crippen LogP contribution < -0.4 is 0 Å². The van der Waals surface area contributed by atoms with Crippen molar-refractivity contribution in [3.63, 3.8) is 0 Å². The van der Waals surface area contributed by atoms with Crippen LogP contribution in [0.15, 0.2) is 79.1 Å². The summed E-state index contributed by atoms with van der Waals surface area (Å²) in [5.41, 5.74) is 8.39. The number of pyridine rings is 2. The standard InChI is InChI=1S/C28H23N3/c1-3-18-10-9-11-19(4-2)26(18)25-17-30-28-21-13-6-5-12-20(21)23-16-29-24-15-8-7-14-22(24)27(23)31(25)28/h5-17H,3-4H2,1-2H3. The second-order valence-electron chi connectivity index (χ2n) is 8.04. The van der Waals surface area contributed by atoms with Gasteiger partial charge in [0.1, 0.15) is 5.65 Å². The van der Waals surface area contributed by atoms with Crippen LogP contribution in [0.5, 0.6) is 0 Å². The summed E-state index contributed by atoms with van der Waals surface area (Å²) < 4.78 is 2.37. The van der Waals surface area contributed by atoms with Crippen LogP contribution >= 0.6 is 0 Å². The van der Waals surface area contributed by atoms with E-state index >= 15 is 0 Å². The molecule has 3 heterocycles. The maximum Gasteiger partial charge on any atom is 0.145 e. The normalized spacial score (nSPS) is 11.8. The predicted molar refractivity (Wildman–Crippen MR) is 130 cm³/mol. The monoisotopic (exact) mass is 401 g/mol. The fourth-order valence-electron chi connectivity index (χ4n) is 4.99. The minimum Gasteiger partial charge on any atom is -0.291 e. The minimum atomic E-state index is 0.990. The first kappa shape index (κ1) is 18.1. The van der Waals surface area contributed by atoms with E-state index in [2.05, 4.69) is 91.2 Å². The first-order valence-corrected chi connectivity index (χ1v) is 11.0. The Morgan fingerprint density at radius 1 is 0.645 bits per heavy atom. The molecule has 0 fully saturated rings. The Morgan fingerprint density at radius 2 is 1.32 bits per heavy atom.